The van der Waals surface area contributed by atoms with Gasteiger partial charge in [0.05, 0.1) is 17.3 Å². The minimum Gasteiger partial charge on any atom is -0.452 e. The second-order valence-corrected chi connectivity index (χ2v) is 5.85. The number of pyridine rings is 1. The van der Waals surface area contributed by atoms with Crippen molar-refractivity contribution in [3.05, 3.63) is 93.9 Å². The fraction of sp³-hybridized carbons (Fsp3) is 0.100. The Labute approximate surface area is 152 Å². The number of rotatable bonds is 4. The number of hydrogen-bond donors (Lipinski definition) is 0. The van der Waals surface area contributed by atoms with Crippen molar-refractivity contribution >= 4 is 5.78 Å². The van der Waals surface area contributed by atoms with Gasteiger partial charge < -0.3 is 9.30 Å². The molecule has 1 heterocycles. The third-order valence-corrected chi connectivity index (χ3v) is 3.79. The van der Waals surface area contributed by atoms with Gasteiger partial charge in [0.15, 0.2) is 11.5 Å². The van der Waals surface area contributed by atoms with E-state index < -0.39 is 23.0 Å². The fourth-order valence-electron chi connectivity index (χ4n) is 2.52. The molecule has 3 rings (SSSR count). The fourth-order valence-corrected chi connectivity index (χ4v) is 2.52. The Balaban J connectivity index is 2.02. The summed E-state index contributed by atoms with van der Waals surface area (Å²) in [6.45, 7) is 0. The van der Waals surface area contributed by atoms with Crippen LogP contribution in [-0.2, 0) is 13.2 Å². The van der Waals surface area contributed by atoms with Crippen LogP contribution in [0.5, 0.6) is 11.5 Å². The van der Waals surface area contributed by atoms with Gasteiger partial charge >= 0.3 is 6.18 Å². The molecule has 0 unspecified atom stereocenters. The molecule has 4 nitrogen and oxygen atoms in total. The van der Waals surface area contributed by atoms with E-state index in [4.69, 9.17) is 4.74 Å². The van der Waals surface area contributed by atoms with E-state index >= 15 is 0 Å². The summed E-state index contributed by atoms with van der Waals surface area (Å²) >= 11 is 0. The van der Waals surface area contributed by atoms with Crippen molar-refractivity contribution in [1.29, 1.82) is 0 Å². The van der Waals surface area contributed by atoms with Gasteiger partial charge in [-0.15, -0.1) is 0 Å². The molecule has 0 atom stereocenters. The van der Waals surface area contributed by atoms with Crippen LogP contribution in [0.3, 0.4) is 0 Å². The van der Waals surface area contributed by atoms with E-state index in [1.807, 2.05) is 0 Å². The molecule has 1 aromatic heterocycles. The molecule has 0 saturated heterocycles. The molecule has 0 radical (unpaired) electrons. The Morgan fingerprint density at radius 2 is 1.70 bits per heavy atom. The maximum absolute atomic E-state index is 12.9. The normalized spacial score (nSPS) is 11.3. The number of ketones is 1. The molecular weight excluding hydrogens is 359 g/mol. The zero-order valence-corrected chi connectivity index (χ0v) is 14.2. The standard InChI is InChI=1S/C20H14F3NO3/c1-24-11-16(18(25)13-6-5-7-14(10-13)20(21,22)23)19(26)17(12-24)27-15-8-3-2-4-9-15/h2-12H,1H3. The van der Waals surface area contributed by atoms with Crippen LogP contribution in [0.4, 0.5) is 13.2 Å². The van der Waals surface area contributed by atoms with Crippen molar-refractivity contribution in [3.63, 3.8) is 0 Å². The second-order valence-electron chi connectivity index (χ2n) is 5.85. The highest BCUT2D eigenvalue weighted by atomic mass is 19.4. The molecule has 7 heteroatoms. The van der Waals surface area contributed by atoms with Crippen LogP contribution in [0.1, 0.15) is 21.5 Å². The van der Waals surface area contributed by atoms with E-state index in [2.05, 4.69) is 0 Å². The number of aromatic nitrogens is 1. The lowest BCUT2D eigenvalue weighted by Crippen LogP contribution is -2.20. The van der Waals surface area contributed by atoms with Crippen molar-refractivity contribution in [2.45, 2.75) is 6.18 Å². The molecular formula is C20H14F3NO3. The highest BCUT2D eigenvalue weighted by Gasteiger charge is 2.31. The quantitative estimate of drug-likeness (QED) is 0.636. The van der Waals surface area contributed by atoms with Gasteiger partial charge in [0.2, 0.25) is 5.43 Å². The van der Waals surface area contributed by atoms with E-state index in [0.29, 0.717) is 5.75 Å². The zero-order chi connectivity index (χ0) is 19.6. The van der Waals surface area contributed by atoms with Crippen LogP contribution >= 0.6 is 0 Å². The Kier molecular flexibility index (Phi) is 4.85. The molecule has 0 saturated carbocycles. The SMILES string of the molecule is Cn1cc(Oc2ccccc2)c(=O)c(C(=O)c2cccc(C(F)(F)F)c2)c1. The third-order valence-electron chi connectivity index (χ3n) is 3.79. The molecule has 0 fully saturated rings. The lowest BCUT2D eigenvalue weighted by atomic mass is 10.0. The number of hydrogen-bond acceptors (Lipinski definition) is 3. The number of aryl methyl sites for hydroxylation is 1. The molecule has 3 aromatic rings. The second kappa shape index (κ2) is 7.11. The van der Waals surface area contributed by atoms with Crippen molar-refractivity contribution in [1.82, 2.24) is 4.57 Å². The van der Waals surface area contributed by atoms with Gasteiger partial charge in [-0.25, -0.2) is 0 Å². The first-order chi connectivity index (χ1) is 12.8. The zero-order valence-electron chi connectivity index (χ0n) is 14.2. The first kappa shape index (κ1) is 18.4. The number of halogens is 3. The number of ether oxygens (including phenoxy) is 1. The molecule has 27 heavy (non-hydrogen) atoms. The molecule has 138 valence electrons. The number of benzene rings is 2. The maximum Gasteiger partial charge on any atom is 0.416 e. The van der Waals surface area contributed by atoms with Crippen molar-refractivity contribution in [2.75, 3.05) is 0 Å². The topological polar surface area (TPSA) is 48.3 Å². The predicted molar refractivity (Wildman–Crippen MR) is 93.1 cm³/mol. The first-order valence-corrected chi connectivity index (χ1v) is 7.91. The van der Waals surface area contributed by atoms with Crippen LogP contribution in [-0.4, -0.2) is 10.4 Å². The van der Waals surface area contributed by atoms with Gasteiger partial charge in [0, 0.05) is 18.8 Å². The minimum absolute atomic E-state index is 0.0958. The lowest BCUT2D eigenvalue weighted by Gasteiger charge is -2.11. The van der Waals surface area contributed by atoms with Gasteiger partial charge in [-0.1, -0.05) is 30.3 Å². The molecule has 2 aromatic carbocycles. The highest BCUT2D eigenvalue weighted by Crippen LogP contribution is 2.30. The molecule has 0 N–H and O–H groups in total. The largest absolute Gasteiger partial charge is 0.452 e. The Bertz CT molecular complexity index is 1040. The van der Waals surface area contributed by atoms with Crippen molar-refractivity contribution in [2.24, 2.45) is 7.05 Å². The van der Waals surface area contributed by atoms with Crippen LogP contribution in [0.15, 0.2) is 71.8 Å². The van der Waals surface area contributed by atoms with Crippen molar-refractivity contribution in [3.8, 4) is 11.5 Å². The summed E-state index contributed by atoms with van der Waals surface area (Å²) in [4.78, 5) is 25.3. The first-order valence-electron chi connectivity index (χ1n) is 7.91. The molecule has 0 aliphatic rings. The number of para-hydroxylation sites is 1. The summed E-state index contributed by atoms with van der Waals surface area (Å²) < 4.78 is 45.6. The van der Waals surface area contributed by atoms with Gasteiger partial charge in [-0.05, 0) is 24.3 Å². The Hall–Kier alpha value is -3.35. The monoisotopic (exact) mass is 373 g/mol. The Morgan fingerprint density at radius 3 is 2.37 bits per heavy atom. The summed E-state index contributed by atoms with van der Waals surface area (Å²) in [5, 5.41) is 0. The predicted octanol–water partition coefficient (Wildman–Crippen LogP) is 4.43. The average molecular weight is 373 g/mol. The van der Waals surface area contributed by atoms with E-state index in [1.54, 1.807) is 37.4 Å². The molecule has 0 aliphatic carbocycles. The van der Waals surface area contributed by atoms with Crippen molar-refractivity contribution < 1.29 is 22.7 Å². The lowest BCUT2D eigenvalue weighted by molar-refractivity contribution is -0.137. The number of carbonyl (C=O) groups excluding carboxylic acids is 1. The van der Waals surface area contributed by atoms with Crippen LogP contribution < -0.4 is 10.2 Å². The van der Waals surface area contributed by atoms with Crippen LogP contribution in [0, 0.1) is 0 Å². The summed E-state index contributed by atoms with van der Waals surface area (Å²) in [5.41, 5.74) is -2.15. The van der Waals surface area contributed by atoms with E-state index in [0.717, 1.165) is 18.2 Å². The third kappa shape index (κ3) is 4.08. The molecule has 0 spiro atoms. The Morgan fingerprint density at radius 1 is 1.00 bits per heavy atom. The van der Waals surface area contributed by atoms with Crippen LogP contribution in [0.2, 0.25) is 0 Å². The summed E-state index contributed by atoms with van der Waals surface area (Å²) in [5.74, 6) is -0.500. The molecule has 0 amide bonds. The molecule has 0 bridgehead atoms. The summed E-state index contributed by atoms with van der Waals surface area (Å²) in [6.07, 6.45) is -1.92. The smallest absolute Gasteiger partial charge is 0.416 e. The van der Waals surface area contributed by atoms with E-state index in [-0.39, 0.29) is 16.9 Å². The van der Waals surface area contributed by atoms with E-state index in [9.17, 15) is 22.8 Å². The number of carbonyl (C=O) groups is 1. The van der Waals surface area contributed by atoms with Gasteiger partial charge in [0.1, 0.15) is 5.75 Å². The summed E-state index contributed by atoms with van der Waals surface area (Å²) in [7, 11) is 1.58. The van der Waals surface area contributed by atoms with E-state index in [1.165, 1.54) is 23.0 Å². The molecule has 0 aliphatic heterocycles. The number of nitrogens with zero attached hydrogens (tertiary/aromatic N) is 1. The van der Waals surface area contributed by atoms with Crippen LogP contribution in [0.25, 0.3) is 0 Å². The maximum atomic E-state index is 12.9. The minimum atomic E-state index is -4.58. The number of alkyl halides is 3. The van der Waals surface area contributed by atoms with Gasteiger partial charge in [-0.2, -0.15) is 13.2 Å². The highest BCUT2D eigenvalue weighted by molar-refractivity contribution is 6.09. The average Bonchev–Trinajstić information content (AvgIpc) is 2.64. The van der Waals surface area contributed by atoms with Gasteiger partial charge in [-0.3, -0.25) is 9.59 Å². The summed E-state index contributed by atoms with van der Waals surface area (Å²) in [6, 6.07) is 12.5. The van der Waals surface area contributed by atoms with Gasteiger partial charge in [0.25, 0.3) is 0 Å².